The molecule has 0 spiro atoms. The number of nitrogens with two attached hydrogens (primary N) is 1. The summed E-state index contributed by atoms with van der Waals surface area (Å²) < 4.78 is 0. The van der Waals surface area contributed by atoms with E-state index in [-0.39, 0.29) is 22.6 Å². The van der Waals surface area contributed by atoms with Gasteiger partial charge >= 0.3 is 0 Å². The molecule has 0 atom stereocenters. The molecular weight excluding hydrogens is 270 g/mol. The van der Waals surface area contributed by atoms with E-state index in [1.165, 1.54) is 12.1 Å². The average Bonchev–Trinajstić information content (AvgIpc) is 2.46. The second-order valence-corrected chi connectivity index (χ2v) is 5.87. The van der Waals surface area contributed by atoms with E-state index in [1.807, 2.05) is 20.8 Å². The van der Waals surface area contributed by atoms with Crippen LogP contribution in [0.3, 0.4) is 0 Å². The first-order valence-corrected chi connectivity index (χ1v) is 7.05. The first-order valence-electron chi connectivity index (χ1n) is 7.05. The minimum Gasteiger partial charge on any atom is -0.338 e. The lowest BCUT2D eigenvalue weighted by atomic mass is 9.92. The average molecular weight is 293 g/mol. The number of para-hydroxylation sites is 1. The first-order chi connectivity index (χ1) is 9.82. The van der Waals surface area contributed by atoms with E-state index in [4.69, 9.17) is 5.73 Å². The predicted octanol–water partition coefficient (Wildman–Crippen LogP) is 2.43. The standard InChI is InChI=1S/C15H23N3O3/c1-4-9-17(11-15(2,3)10-16)14(19)12-7-5-6-8-13(12)18(20)21/h5-8H,4,9-11,16H2,1-3H3. The van der Waals surface area contributed by atoms with Crippen molar-refractivity contribution in [3.05, 3.63) is 39.9 Å². The van der Waals surface area contributed by atoms with Crippen molar-refractivity contribution in [3.8, 4) is 0 Å². The second kappa shape index (κ2) is 7.17. The Balaban J connectivity index is 3.09. The van der Waals surface area contributed by atoms with Crippen LogP contribution in [-0.4, -0.2) is 35.4 Å². The van der Waals surface area contributed by atoms with Crippen molar-refractivity contribution < 1.29 is 9.72 Å². The zero-order valence-electron chi connectivity index (χ0n) is 12.8. The normalized spacial score (nSPS) is 11.2. The molecule has 0 aliphatic rings. The van der Waals surface area contributed by atoms with Gasteiger partial charge in [-0.2, -0.15) is 0 Å². The van der Waals surface area contributed by atoms with Crippen LogP contribution in [0.4, 0.5) is 5.69 Å². The zero-order chi connectivity index (χ0) is 16.0. The minimum absolute atomic E-state index is 0.128. The van der Waals surface area contributed by atoms with Crippen molar-refractivity contribution in [2.24, 2.45) is 11.1 Å². The molecule has 0 aromatic heterocycles. The second-order valence-electron chi connectivity index (χ2n) is 5.87. The van der Waals surface area contributed by atoms with Crippen LogP contribution in [0.25, 0.3) is 0 Å². The number of nitrogens with zero attached hydrogens (tertiary/aromatic N) is 2. The summed E-state index contributed by atoms with van der Waals surface area (Å²) in [6, 6.07) is 6.05. The highest BCUT2D eigenvalue weighted by Crippen LogP contribution is 2.22. The van der Waals surface area contributed by atoms with E-state index >= 15 is 0 Å². The van der Waals surface area contributed by atoms with Crippen molar-refractivity contribution in [1.29, 1.82) is 0 Å². The van der Waals surface area contributed by atoms with Gasteiger partial charge in [0, 0.05) is 19.2 Å². The Morgan fingerprint density at radius 1 is 1.38 bits per heavy atom. The molecular formula is C15H23N3O3. The Labute approximate surface area is 125 Å². The number of hydrogen-bond acceptors (Lipinski definition) is 4. The predicted molar refractivity (Wildman–Crippen MR) is 82.1 cm³/mol. The molecule has 0 unspecified atom stereocenters. The van der Waals surface area contributed by atoms with E-state index in [1.54, 1.807) is 17.0 Å². The Bertz CT molecular complexity index is 515. The van der Waals surface area contributed by atoms with E-state index < -0.39 is 4.92 Å². The van der Waals surface area contributed by atoms with E-state index in [0.29, 0.717) is 19.6 Å². The molecule has 6 heteroatoms. The molecule has 1 aromatic carbocycles. The fourth-order valence-electron chi connectivity index (χ4n) is 2.09. The molecule has 6 nitrogen and oxygen atoms in total. The van der Waals surface area contributed by atoms with Crippen LogP contribution in [0.5, 0.6) is 0 Å². The fourth-order valence-corrected chi connectivity index (χ4v) is 2.09. The topological polar surface area (TPSA) is 89.5 Å². The quantitative estimate of drug-likeness (QED) is 0.617. The van der Waals surface area contributed by atoms with Gasteiger partial charge in [0.1, 0.15) is 5.56 Å². The summed E-state index contributed by atoms with van der Waals surface area (Å²) in [4.78, 5) is 24.8. The molecule has 0 aliphatic carbocycles. The zero-order valence-corrected chi connectivity index (χ0v) is 12.8. The van der Waals surface area contributed by atoms with Crippen LogP contribution in [0, 0.1) is 15.5 Å². The third-order valence-corrected chi connectivity index (χ3v) is 3.28. The monoisotopic (exact) mass is 293 g/mol. The maximum atomic E-state index is 12.6. The van der Waals surface area contributed by atoms with Crippen molar-refractivity contribution in [2.75, 3.05) is 19.6 Å². The number of carbonyl (C=O) groups excluding carboxylic acids is 1. The van der Waals surface area contributed by atoms with Crippen molar-refractivity contribution in [3.63, 3.8) is 0 Å². The molecule has 1 amide bonds. The highest BCUT2D eigenvalue weighted by atomic mass is 16.6. The molecule has 2 N–H and O–H groups in total. The molecule has 0 bridgehead atoms. The highest BCUT2D eigenvalue weighted by Gasteiger charge is 2.28. The third-order valence-electron chi connectivity index (χ3n) is 3.28. The summed E-state index contributed by atoms with van der Waals surface area (Å²) in [5.41, 5.74) is 5.46. The molecule has 21 heavy (non-hydrogen) atoms. The van der Waals surface area contributed by atoms with Crippen LogP contribution in [0.15, 0.2) is 24.3 Å². The molecule has 116 valence electrons. The van der Waals surface area contributed by atoms with Gasteiger partial charge in [0.25, 0.3) is 11.6 Å². The summed E-state index contributed by atoms with van der Waals surface area (Å²) in [6.45, 7) is 7.38. The highest BCUT2D eigenvalue weighted by molar-refractivity contribution is 5.98. The summed E-state index contributed by atoms with van der Waals surface area (Å²) in [5.74, 6) is -0.314. The lowest BCUT2D eigenvalue weighted by molar-refractivity contribution is -0.385. The Hall–Kier alpha value is -1.95. The lowest BCUT2D eigenvalue weighted by Crippen LogP contribution is -2.42. The number of benzene rings is 1. The molecule has 0 saturated heterocycles. The smallest absolute Gasteiger partial charge is 0.282 e. The van der Waals surface area contributed by atoms with Gasteiger partial charge in [0.05, 0.1) is 4.92 Å². The molecule has 1 aromatic rings. The molecule has 0 radical (unpaired) electrons. The molecule has 0 saturated carbocycles. The maximum Gasteiger partial charge on any atom is 0.282 e. The number of rotatable bonds is 7. The summed E-state index contributed by atoms with van der Waals surface area (Å²) >= 11 is 0. The first kappa shape index (κ1) is 17.1. The third kappa shape index (κ3) is 4.53. The number of carbonyl (C=O) groups is 1. The molecule has 0 heterocycles. The maximum absolute atomic E-state index is 12.6. The van der Waals surface area contributed by atoms with Gasteiger partial charge in [-0.15, -0.1) is 0 Å². The Morgan fingerprint density at radius 2 is 2.00 bits per heavy atom. The van der Waals surface area contributed by atoms with Crippen molar-refractivity contribution in [2.45, 2.75) is 27.2 Å². The molecule has 0 aliphatic heterocycles. The van der Waals surface area contributed by atoms with Gasteiger partial charge in [-0.05, 0) is 24.4 Å². The number of hydrogen-bond donors (Lipinski definition) is 1. The van der Waals surface area contributed by atoms with Crippen LogP contribution < -0.4 is 5.73 Å². The molecule has 1 rings (SSSR count). The van der Waals surface area contributed by atoms with Crippen LogP contribution in [0.2, 0.25) is 0 Å². The minimum atomic E-state index is -0.522. The summed E-state index contributed by atoms with van der Waals surface area (Å²) in [7, 11) is 0. The van der Waals surface area contributed by atoms with Gasteiger partial charge in [-0.25, -0.2) is 0 Å². The largest absolute Gasteiger partial charge is 0.338 e. The van der Waals surface area contributed by atoms with Crippen molar-refractivity contribution in [1.82, 2.24) is 4.90 Å². The van der Waals surface area contributed by atoms with Gasteiger partial charge < -0.3 is 10.6 Å². The van der Waals surface area contributed by atoms with Crippen molar-refractivity contribution >= 4 is 11.6 Å². The van der Waals surface area contributed by atoms with E-state index in [2.05, 4.69) is 0 Å². The Morgan fingerprint density at radius 3 is 2.52 bits per heavy atom. The van der Waals surface area contributed by atoms with Gasteiger partial charge in [0.2, 0.25) is 0 Å². The number of nitro groups is 1. The van der Waals surface area contributed by atoms with Gasteiger partial charge in [0.15, 0.2) is 0 Å². The molecule has 0 fully saturated rings. The SMILES string of the molecule is CCCN(CC(C)(C)CN)C(=O)c1ccccc1[N+](=O)[O-]. The van der Waals surface area contributed by atoms with Crippen LogP contribution in [0.1, 0.15) is 37.6 Å². The fraction of sp³-hybridized carbons (Fsp3) is 0.533. The number of amides is 1. The van der Waals surface area contributed by atoms with Crippen LogP contribution in [-0.2, 0) is 0 Å². The number of nitro benzene ring substituents is 1. The lowest BCUT2D eigenvalue weighted by Gasteiger charge is -2.31. The summed E-state index contributed by atoms with van der Waals surface area (Å²) in [5, 5.41) is 11.1. The summed E-state index contributed by atoms with van der Waals surface area (Å²) in [6.07, 6.45) is 0.785. The van der Waals surface area contributed by atoms with Gasteiger partial charge in [-0.3, -0.25) is 14.9 Å². The Kier molecular flexibility index (Phi) is 5.84. The van der Waals surface area contributed by atoms with Gasteiger partial charge in [-0.1, -0.05) is 32.9 Å². The van der Waals surface area contributed by atoms with E-state index in [0.717, 1.165) is 6.42 Å². The van der Waals surface area contributed by atoms with E-state index in [9.17, 15) is 14.9 Å². The van der Waals surface area contributed by atoms with Crippen LogP contribution >= 0.6 is 0 Å².